The number of nitrogens with zero attached hydrogens (tertiary/aromatic N) is 2. The van der Waals surface area contributed by atoms with E-state index < -0.39 is 22.1 Å². The molecule has 1 saturated heterocycles. The van der Waals surface area contributed by atoms with E-state index in [-0.39, 0.29) is 26.2 Å². The smallest absolute Gasteiger partial charge is 0.307 e. The Kier molecular flexibility index (Phi) is 6.73. The van der Waals surface area contributed by atoms with Crippen LogP contribution in [0.1, 0.15) is 18.4 Å². The summed E-state index contributed by atoms with van der Waals surface area (Å²) in [7, 11) is -2.22. The maximum atomic E-state index is 13.0. The summed E-state index contributed by atoms with van der Waals surface area (Å²) in [5, 5.41) is 9.18. The third-order valence-corrected chi connectivity index (χ3v) is 6.08. The van der Waals surface area contributed by atoms with Crippen LogP contribution in [0.2, 0.25) is 0 Å². The standard InChI is InChI=1S/C16H24N2O5S/c1-23-11-10-18(12-14-6-3-2-4-7-14)24(21,22)17-9-5-8-15(13-17)16(19)20/h2-4,6-7,15H,5,8-13H2,1H3,(H,19,20). The molecule has 1 aromatic carbocycles. The molecule has 0 amide bonds. The maximum absolute atomic E-state index is 13.0. The molecule has 1 aliphatic rings. The largest absolute Gasteiger partial charge is 0.481 e. The van der Waals surface area contributed by atoms with E-state index in [0.717, 1.165) is 5.56 Å². The van der Waals surface area contributed by atoms with E-state index >= 15 is 0 Å². The number of methoxy groups -OCH3 is 1. The van der Waals surface area contributed by atoms with Gasteiger partial charge < -0.3 is 9.84 Å². The average molecular weight is 356 g/mol. The maximum Gasteiger partial charge on any atom is 0.307 e. The second kappa shape index (κ2) is 8.57. The monoisotopic (exact) mass is 356 g/mol. The molecule has 0 radical (unpaired) electrons. The van der Waals surface area contributed by atoms with Crippen LogP contribution in [0.15, 0.2) is 30.3 Å². The van der Waals surface area contributed by atoms with Crippen molar-refractivity contribution in [2.45, 2.75) is 19.4 Å². The van der Waals surface area contributed by atoms with Gasteiger partial charge in [-0.2, -0.15) is 17.0 Å². The lowest BCUT2D eigenvalue weighted by molar-refractivity contribution is -0.142. The molecule has 0 spiro atoms. The molecule has 24 heavy (non-hydrogen) atoms. The fourth-order valence-electron chi connectivity index (χ4n) is 2.77. The van der Waals surface area contributed by atoms with Crippen molar-refractivity contribution in [3.05, 3.63) is 35.9 Å². The number of rotatable bonds is 8. The molecule has 134 valence electrons. The zero-order valence-corrected chi connectivity index (χ0v) is 14.6. The van der Waals surface area contributed by atoms with Gasteiger partial charge in [-0.1, -0.05) is 30.3 Å². The number of ether oxygens (including phenoxy) is 1. The molecular weight excluding hydrogens is 332 g/mol. The van der Waals surface area contributed by atoms with Crippen molar-refractivity contribution in [2.24, 2.45) is 5.92 Å². The molecule has 1 aliphatic heterocycles. The molecular formula is C16H24N2O5S. The van der Waals surface area contributed by atoms with Crippen molar-refractivity contribution in [1.82, 2.24) is 8.61 Å². The average Bonchev–Trinajstić information content (AvgIpc) is 2.59. The molecule has 0 aromatic heterocycles. The minimum Gasteiger partial charge on any atom is -0.481 e. The van der Waals surface area contributed by atoms with Gasteiger partial charge in [0.25, 0.3) is 10.2 Å². The van der Waals surface area contributed by atoms with E-state index in [4.69, 9.17) is 4.74 Å². The van der Waals surface area contributed by atoms with Crippen LogP contribution < -0.4 is 0 Å². The predicted octanol–water partition coefficient (Wildman–Crippen LogP) is 1.18. The SMILES string of the molecule is COCCN(Cc1ccccc1)S(=O)(=O)N1CCCC(C(=O)O)C1. The third-order valence-electron chi connectivity index (χ3n) is 4.13. The van der Waals surface area contributed by atoms with Crippen molar-refractivity contribution >= 4 is 16.2 Å². The third kappa shape index (κ3) is 4.76. The highest BCUT2D eigenvalue weighted by Gasteiger charge is 2.35. The predicted molar refractivity (Wildman–Crippen MR) is 89.6 cm³/mol. The fourth-order valence-corrected chi connectivity index (χ4v) is 4.45. The van der Waals surface area contributed by atoms with Crippen LogP contribution in [-0.2, 0) is 26.3 Å². The van der Waals surface area contributed by atoms with E-state index in [0.29, 0.717) is 19.4 Å². The number of carbonyl (C=O) groups is 1. The van der Waals surface area contributed by atoms with Crippen molar-refractivity contribution in [3.63, 3.8) is 0 Å². The van der Waals surface area contributed by atoms with Gasteiger partial charge in [0.05, 0.1) is 12.5 Å². The van der Waals surface area contributed by atoms with Crippen LogP contribution >= 0.6 is 0 Å². The van der Waals surface area contributed by atoms with Crippen molar-refractivity contribution in [1.29, 1.82) is 0 Å². The molecule has 0 saturated carbocycles. The molecule has 0 aliphatic carbocycles. The zero-order valence-electron chi connectivity index (χ0n) is 13.8. The quantitative estimate of drug-likeness (QED) is 0.756. The number of carboxylic acids is 1. The molecule has 1 fully saturated rings. The second-order valence-electron chi connectivity index (χ2n) is 5.86. The topological polar surface area (TPSA) is 87.2 Å². The summed E-state index contributed by atoms with van der Waals surface area (Å²) in [4.78, 5) is 11.2. The number of hydrogen-bond acceptors (Lipinski definition) is 4. The number of benzene rings is 1. The number of carboxylic acid groups (broad SMARTS) is 1. The molecule has 1 unspecified atom stereocenters. The summed E-state index contributed by atoms with van der Waals surface area (Å²) in [5.74, 6) is -1.59. The summed E-state index contributed by atoms with van der Waals surface area (Å²) in [5.41, 5.74) is 0.879. The molecule has 8 heteroatoms. The first kappa shape index (κ1) is 18.9. The Labute approximate surface area is 143 Å². The number of piperidine rings is 1. The lowest BCUT2D eigenvalue weighted by atomic mass is 10.0. The van der Waals surface area contributed by atoms with Crippen LogP contribution in [0.3, 0.4) is 0 Å². The summed E-state index contributed by atoms with van der Waals surface area (Å²) in [6.07, 6.45) is 1.07. The minimum absolute atomic E-state index is 0.0237. The van der Waals surface area contributed by atoms with E-state index in [9.17, 15) is 18.3 Å². The Hall–Kier alpha value is -1.48. The van der Waals surface area contributed by atoms with Gasteiger partial charge in [0.2, 0.25) is 0 Å². The molecule has 1 atom stereocenters. The Morgan fingerprint density at radius 1 is 1.38 bits per heavy atom. The van der Waals surface area contributed by atoms with Gasteiger partial charge in [0.1, 0.15) is 0 Å². The number of hydrogen-bond donors (Lipinski definition) is 1. The highest BCUT2D eigenvalue weighted by atomic mass is 32.2. The van der Waals surface area contributed by atoms with E-state index in [2.05, 4.69) is 0 Å². The Morgan fingerprint density at radius 2 is 2.08 bits per heavy atom. The van der Waals surface area contributed by atoms with Gasteiger partial charge in [0.15, 0.2) is 0 Å². The van der Waals surface area contributed by atoms with Gasteiger partial charge in [-0.05, 0) is 18.4 Å². The van der Waals surface area contributed by atoms with Crippen LogP contribution in [0.4, 0.5) is 0 Å². The van der Waals surface area contributed by atoms with Crippen molar-refractivity contribution < 1.29 is 23.1 Å². The molecule has 7 nitrogen and oxygen atoms in total. The van der Waals surface area contributed by atoms with Gasteiger partial charge in [-0.15, -0.1) is 0 Å². The Balaban J connectivity index is 2.17. The molecule has 2 rings (SSSR count). The van der Waals surface area contributed by atoms with E-state index in [1.54, 1.807) is 0 Å². The fraction of sp³-hybridized carbons (Fsp3) is 0.562. The van der Waals surface area contributed by atoms with E-state index in [1.165, 1.54) is 15.7 Å². The molecule has 1 heterocycles. The van der Waals surface area contributed by atoms with Crippen molar-refractivity contribution in [2.75, 3.05) is 33.4 Å². The van der Waals surface area contributed by atoms with Gasteiger partial charge in [-0.25, -0.2) is 0 Å². The lowest BCUT2D eigenvalue weighted by Crippen LogP contribution is -2.49. The summed E-state index contributed by atoms with van der Waals surface area (Å²) in [6.45, 7) is 1.12. The van der Waals surface area contributed by atoms with Crippen molar-refractivity contribution in [3.8, 4) is 0 Å². The first-order chi connectivity index (χ1) is 11.4. The highest BCUT2D eigenvalue weighted by molar-refractivity contribution is 7.86. The Morgan fingerprint density at radius 3 is 2.71 bits per heavy atom. The molecule has 0 bridgehead atoms. The summed E-state index contributed by atoms with van der Waals surface area (Å²) < 4.78 is 33.6. The number of aliphatic carboxylic acids is 1. The van der Waals surface area contributed by atoms with Gasteiger partial charge in [-0.3, -0.25) is 4.79 Å². The van der Waals surface area contributed by atoms with Gasteiger partial charge >= 0.3 is 5.97 Å². The van der Waals surface area contributed by atoms with Crippen LogP contribution in [0.25, 0.3) is 0 Å². The Bertz CT molecular complexity index is 635. The first-order valence-corrected chi connectivity index (χ1v) is 9.35. The molecule has 1 N–H and O–H groups in total. The minimum atomic E-state index is -3.74. The highest BCUT2D eigenvalue weighted by Crippen LogP contribution is 2.22. The van der Waals surface area contributed by atoms with Crippen LogP contribution in [0, 0.1) is 5.92 Å². The summed E-state index contributed by atoms with van der Waals surface area (Å²) in [6, 6.07) is 9.33. The zero-order chi connectivity index (χ0) is 17.6. The second-order valence-corrected chi connectivity index (χ2v) is 7.78. The first-order valence-electron chi connectivity index (χ1n) is 7.96. The molecule has 1 aromatic rings. The summed E-state index contributed by atoms with van der Waals surface area (Å²) >= 11 is 0. The van der Waals surface area contributed by atoms with Gasteiger partial charge in [0, 0.05) is 33.3 Å². The lowest BCUT2D eigenvalue weighted by Gasteiger charge is -2.34. The van der Waals surface area contributed by atoms with Crippen LogP contribution in [-0.4, -0.2) is 61.5 Å². The van der Waals surface area contributed by atoms with Crippen LogP contribution in [0.5, 0.6) is 0 Å². The van der Waals surface area contributed by atoms with E-state index in [1.807, 2.05) is 30.3 Å². The normalized spacial score (nSPS) is 19.5.